The normalized spacial score (nSPS) is 10.7. The molecule has 0 saturated carbocycles. The second kappa shape index (κ2) is 11.9. The fourth-order valence-corrected chi connectivity index (χ4v) is 4.09. The summed E-state index contributed by atoms with van der Waals surface area (Å²) in [6, 6.07) is 18.1. The lowest BCUT2D eigenvalue weighted by Crippen LogP contribution is -2.26. The van der Waals surface area contributed by atoms with E-state index in [1.165, 1.54) is 11.3 Å². The first kappa shape index (κ1) is 24.2. The summed E-state index contributed by atoms with van der Waals surface area (Å²) in [4.78, 5) is 30.1. The molecule has 8 nitrogen and oxygen atoms in total. The van der Waals surface area contributed by atoms with Gasteiger partial charge in [0.25, 0.3) is 11.8 Å². The van der Waals surface area contributed by atoms with Gasteiger partial charge in [0.1, 0.15) is 5.75 Å². The number of methoxy groups -OCH3 is 1. The lowest BCUT2D eigenvalue weighted by Gasteiger charge is -2.11. The van der Waals surface area contributed by atoms with E-state index in [-0.39, 0.29) is 11.8 Å². The summed E-state index contributed by atoms with van der Waals surface area (Å²) < 4.78 is 10.5. The number of aromatic nitrogens is 2. The highest BCUT2D eigenvalue weighted by atomic mass is 32.1. The number of nitrogens with one attached hydrogen (secondary N) is 2. The summed E-state index contributed by atoms with van der Waals surface area (Å²) in [5.41, 5.74) is 1.80. The Morgan fingerprint density at radius 1 is 0.971 bits per heavy atom. The van der Waals surface area contributed by atoms with E-state index in [1.54, 1.807) is 37.4 Å². The largest absolute Gasteiger partial charge is 0.497 e. The van der Waals surface area contributed by atoms with Crippen molar-refractivity contribution in [1.82, 2.24) is 15.5 Å². The zero-order valence-electron chi connectivity index (χ0n) is 19.3. The molecule has 2 aromatic heterocycles. The van der Waals surface area contributed by atoms with Crippen molar-refractivity contribution in [1.29, 1.82) is 0 Å². The third kappa shape index (κ3) is 6.54. The molecule has 0 radical (unpaired) electrons. The van der Waals surface area contributed by atoms with E-state index in [0.717, 1.165) is 30.6 Å². The Morgan fingerprint density at radius 3 is 2.57 bits per heavy atom. The van der Waals surface area contributed by atoms with Crippen LogP contribution in [0.1, 0.15) is 45.2 Å². The molecule has 0 bridgehead atoms. The van der Waals surface area contributed by atoms with E-state index < -0.39 is 0 Å². The highest BCUT2D eigenvalue weighted by Crippen LogP contribution is 2.20. The average molecular weight is 491 g/mol. The van der Waals surface area contributed by atoms with Gasteiger partial charge in [-0.1, -0.05) is 29.8 Å². The molecule has 0 unspecified atom stereocenters. The molecular weight excluding hydrogens is 464 g/mol. The van der Waals surface area contributed by atoms with Gasteiger partial charge in [-0.05, 0) is 60.7 Å². The number of thiophene rings is 1. The van der Waals surface area contributed by atoms with Crippen LogP contribution in [0.3, 0.4) is 0 Å². The van der Waals surface area contributed by atoms with Gasteiger partial charge < -0.3 is 19.9 Å². The summed E-state index contributed by atoms with van der Waals surface area (Å²) in [6.07, 6.45) is 3.26. The van der Waals surface area contributed by atoms with Crippen LogP contribution in [-0.2, 0) is 6.42 Å². The summed E-state index contributed by atoms with van der Waals surface area (Å²) in [5.74, 6) is 1.48. The van der Waals surface area contributed by atoms with E-state index in [2.05, 4.69) is 20.8 Å². The molecule has 9 heteroatoms. The number of amides is 2. The van der Waals surface area contributed by atoms with Crippen LogP contribution in [0, 0.1) is 0 Å². The second-order valence-corrected chi connectivity index (χ2v) is 8.73. The molecule has 0 saturated heterocycles. The van der Waals surface area contributed by atoms with Gasteiger partial charge in [0.15, 0.2) is 0 Å². The Balaban J connectivity index is 1.19. The van der Waals surface area contributed by atoms with Gasteiger partial charge in [-0.25, -0.2) is 0 Å². The average Bonchev–Trinajstić information content (AvgIpc) is 3.59. The zero-order chi connectivity index (χ0) is 24.5. The Morgan fingerprint density at radius 2 is 1.80 bits per heavy atom. The molecule has 2 aromatic carbocycles. The number of carbonyl (C=O) groups excluding carboxylic acids is 2. The summed E-state index contributed by atoms with van der Waals surface area (Å²) >= 11 is 1.35. The van der Waals surface area contributed by atoms with E-state index in [4.69, 9.17) is 9.26 Å². The van der Waals surface area contributed by atoms with Crippen molar-refractivity contribution in [3.8, 4) is 17.1 Å². The molecule has 180 valence electrons. The summed E-state index contributed by atoms with van der Waals surface area (Å²) in [7, 11) is 1.62. The van der Waals surface area contributed by atoms with Crippen LogP contribution in [0.5, 0.6) is 5.75 Å². The number of ether oxygens (including phenoxy) is 1. The molecule has 0 atom stereocenters. The molecule has 35 heavy (non-hydrogen) atoms. The van der Waals surface area contributed by atoms with Crippen LogP contribution in [-0.4, -0.2) is 35.6 Å². The van der Waals surface area contributed by atoms with Crippen LogP contribution in [0.2, 0.25) is 0 Å². The minimum atomic E-state index is -0.226. The minimum Gasteiger partial charge on any atom is -0.497 e. The fraction of sp³-hybridized carbons (Fsp3) is 0.231. The number of hydrogen-bond acceptors (Lipinski definition) is 7. The number of para-hydroxylation sites is 1. The van der Waals surface area contributed by atoms with Gasteiger partial charge >= 0.3 is 0 Å². The number of benzene rings is 2. The Kier molecular flexibility index (Phi) is 8.24. The zero-order valence-corrected chi connectivity index (χ0v) is 20.1. The predicted octanol–water partition coefficient (Wildman–Crippen LogP) is 5.20. The molecule has 0 fully saturated rings. The van der Waals surface area contributed by atoms with Crippen molar-refractivity contribution in [2.75, 3.05) is 19.0 Å². The number of aryl methyl sites for hydroxylation is 1. The van der Waals surface area contributed by atoms with Crippen molar-refractivity contribution in [2.45, 2.75) is 25.7 Å². The van der Waals surface area contributed by atoms with Crippen LogP contribution >= 0.6 is 11.3 Å². The molecule has 0 aliphatic carbocycles. The van der Waals surface area contributed by atoms with Gasteiger partial charge in [-0.15, -0.1) is 11.3 Å². The van der Waals surface area contributed by atoms with Crippen molar-refractivity contribution in [2.24, 2.45) is 0 Å². The van der Waals surface area contributed by atoms with Gasteiger partial charge in [0.05, 0.1) is 23.2 Å². The molecule has 0 spiro atoms. The van der Waals surface area contributed by atoms with Gasteiger partial charge in [0, 0.05) is 18.5 Å². The number of unbranched alkanes of at least 4 members (excludes halogenated alkanes) is 2. The lowest BCUT2D eigenvalue weighted by molar-refractivity contribution is 0.0953. The summed E-state index contributed by atoms with van der Waals surface area (Å²) in [5, 5.41) is 11.6. The maximum Gasteiger partial charge on any atom is 0.265 e. The van der Waals surface area contributed by atoms with Crippen molar-refractivity contribution >= 4 is 28.8 Å². The van der Waals surface area contributed by atoms with E-state index in [0.29, 0.717) is 40.8 Å². The van der Waals surface area contributed by atoms with E-state index >= 15 is 0 Å². The van der Waals surface area contributed by atoms with Gasteiger partial charge in [-0.2, -0.15) is 4.98 Å². The molecular formula is C26H26N4O4S. The summed E-state index contributed by atoms with van der Waals surface area (Å²) in [6.45, 7) is 0.535. The molecule has 4 aromatic rings. The molecule has 2 N–H and O–H groups in total. The van der Waals surface area contributed by atoms with Crippen LogP contribution in [0.25, 0.3) is 11.4 Å². The molecule has 4 rings (SSSR count). The number of rotatable bonds is 11. The van der Waals surface area contributed by atoms with Crippen molar-refractivity contribution < 1.29 is 18.8 Å². The molecule has 2 amide bonds. The smallest absolute Gasteiger partial charge is 0.265 e. The molecule has 0 aliphatic heterocycles. The topological polar surface area (TPSA) is 106 Å². The Bertz CT molecular complexity index is 1250. The monoisotopic (exact) mass is 490 g/mol. The van der Waals surface area contributed by atoms with Crippen LogP contribution in [0.4, 0.5) is 5.69 Å². The predicted molar refractivity (Wildman–Crippen MR) is 135 cm³/mol. The number of carbonyl (C=O) groups is 2. The first-order valence-electron chi connectivity index (χ1n) is 11.3. The fourth-order valence-electron chi connectivity index (χ4n) is 3.47. The third-order valence-electron chi connectivity index (χ3n) is 5.33. The number of anilines is 1. The maximum atomic E-state index is 12.7. The van der Waals surface area contributed by atoms with Gasteiger partial charge in [-0.3, -0.25) is 9.59 Å². The first-order valence-corrected chi connectivity index (χ1v) is 12.2. The van der Waals surface area contributed by atoms with Crippen molar-refractivity contribution in [3.05, 3.63) is 82.4 Å². The maximum absolute atomic E-state index is 12.7. The second-order valence-electron chi connectivity index (χ2n) is 7.78. The van der Waals surface area contributed by atoms with Crippen LogP contribution < -0.4 is 15.4 Å². The third-order valence-corrected chi connectivity index (χ3v) is 6.20. The van der Waals surface area contributed by atoms with E-state index in [1.807, 2.05) is 35.7 Å². The number of hydrogen-bond donors (Lipinski definition) is 2. The quantitative estimate of drug-likeness (QED) is 0.280. The Labute approximate surface area is 207 Å². The minimum absolute atomic E-state index is 0.215. The highest BCUT2D eigenvalue weighted by Gasteiger charge is 2.14. The molecule has 0 aliphatic rings. The Hall–Kier alpha value is -3.98. The highest BCUT2D eigenvalue weighted by molar-refractivity contribution is 7.12. The molecule has 2 heterocycles. The standard InChI is InChI=1S/C26H26N4O4S/c1-33-19-14-12-18(13-15-19)24-29-23(34-30-24)11-3-2-6-16-27-25(31)20-8-4-5-9-21(20)28-26(32)22-10-7-17-35-22/h4-5,7-10,12-15,17H,2-3,6,11,16H2,1H3,(H,27,31)(H,28,32). The van der Waals surface area contributed by atoms with Crippen LogP contribution in [0.15, 0.2) is 70.6 Å². The van der Waals surface area contributed by atoms with Crippen molar-refractivity contribution in [3.63, 3.8) is 0 Å². The SMILES string of the molecule is COc1ccc(-c2noc(CCCCCNC(=O)c3ccccc3NC(=O)c3cccs3)n2)cc1. The van der Waals surface area contributed by atoms with E-state index in [9.17, 15) is 9.59 Å². The lowest BCUT2D eigenvalue weighted by atomic mass is 10.1. The van der Waals surface area contributed by atoms with Gasteiger partial charge in [0.2, 0.25) is 11.7 Å². The first-order chi connectivity index (χ1) is 17.1. The number of nitrogens with zero attached hydrogens (tertiary/aromatic N) is 2.